The van der Waals surface area contributed by atoms with Crippen LogP contribution in [-0.2, 0) is 26.7 Å². The topological polar surface area (TPSA) is 54.5 Å². The summed E-state index contributed by atoms with van der Waals surface area (Å²) < 4.78 is 21.7. The second kappa shape index (κ2) is 4.31. The number of benzene rings is 1. The summed E-state index contributed by atoms with van der Waals surface area (Å²) in [6.07, 6.45) is 0.779. The van der Waals surface area contributed by atoms with E-state index < -0.39 is 9.05 Å². The van der Waals surface area contributed by atoms with E-state index in [2.05, 4.69) is 0 Å². The number of hydrogen-bond acceptors (Lipinski definition) is 3. The second-order valence-corrected chi connectivity index (χ2v) is 6.98. The minimum absolute atomic E-state index is 0.0575. The van der Waals surface area contributed by atoms with Crippen LogP contribution in [0.5, 0.6) is 0 Å². The zero-order valence-electron chi connectivity index (χ0n) is 9.31. The molecule has 1 aliphatic rings. The Balaban J connectivity index is 2.21. The van der Waals surface area contributed by atoms with Gasteiger partial charge in [0.05, 0.1) is 12.2 Å². The highest BCUT2D eigenvalue weighted by Gasteiger charge is 2.23. The maximum Gasteiger partial charge on any atom is 0.232 e. The van der Waals surface area contributed by atoms with Gasteiger partial charge in [0, 0.05) is 23.4 Å². The van der Waals surface area contributed by atoms with Crippen molar-refractivity contribution in [3.8, 4) is 0 Å². The first kappa shape index (κ1) is 12.4. The Labute approximate surface area is 105 Å². The van der Waals surface area contributed by atoms with E-state index in [0.717, 1.165) is 16.8 Å². The van der Waals surface area contributed by atoms with Crippen LogP contribution in [0.25, 0.3) is 0 Å². The molecule has 0 radical (unpaired) electrons. The maximum absolute atomic E-state index is 11.5. The predicted octanol–water partition coefficient (Wildman–Crippen LogP) is 1.32. The van der Waals surface area contributed by atoms with Crippen molar-refractivity contribution in [3.63, 3.8) is 0 Å². The van der Waals surface area contributed by atoms with Gasteiger partial charge in [-0.15, -0.1) is 0 Å². The molecule has 1 heterocycles. The molecule has 6 heteroatoms. The average Bonchev–Trinajstić information content (AvgIpc) is 2.51. The number of carbonyl (C=O) groups is 1. The molecule has 1 amide bonds. The van der Waals surface area contributed by atoms with Gasteiger partial charge in [0.25, 0.3) is 0 Å². The number of halogens is 1. The van der Waals surface area contributed by atoms with Crippen LogP contribution in [0.3, 0.4) is 0 Å². The quantitative estimate of drug-likeness (QED) is 0.781. The van der Waals surface area contributed by atoms with Crippen LogP contribution in [0.4, 0.5) is 5.69 Å². The van der Waals surface area contributed by atoms with Crippen LogP contribution in [-0.4, -0.2) is 27.1 Å². The zero-order chi connectivity index (χ0) is 12.6. The number of amides is 1. The number of nitrogens with zero attached hydrogens (tertiary/aromatic N) is 1. The third kappa shape index (κ3) is 2.79. The molecule has 1 aromatic carbocycles. The van der Waals surface area contributed by atoms with Gasteiger partial charge in [0.15, 0.2) is 0 Å². The number of hydrogen-bond donors (Lipinski definition) is 0. The minimum atomic E-state index is -3.47. The normalized spacial score (nSPS) is 15.2. The highest BCUT2D eigenvalue weighted by atomic mass is 35.7. The largest absolute Gasteiger partial charge is 0.315 e. The summed E-state index contributed by atoms with van der Waals surface area (Å²) in [6, 6.07) is 5.56. The Morgan fingerprint density at radius 1 is 1.41 bits per heavy atom. The number of rotatable bonds is 3. The summed E-state index contributed by atoms with van der Waals surface area (Å²) in [6.45, 7) is 0. The van der Waals surface area contributed by atoms with E-state index in [9.17, 15) is 13.2 Å². The van der Waals surface area contributed by atoms with E-state index in [0.29, 0.717) is 12.8 Å². The summed E-state index contributed by atoms with van der Waals surface area (Å²) in [7, 11) is 3.41. The van der Waals surface area contributed by atoms with Gasteiger partial charge < -0.3 is 4.90 Å². The van der Waals surface area contributed by atoms with Crippen LogP contribution in [0.2, 0.25) is 0 Å². The summed E-state index contributed by atoms with van der Waals surface area (Å²) >= 11 is 0. The van der Waals surface area contributed by atoms with Crippen LogP contribution in [0.1, 0.15) is 11.1 Å². The molecule has 1 aliphatic heterocycles. The summed E-state index contributed by atoms with van der Waals surface area (Å²) in [5.74, 6) is -0.0347. The van der Waals surface area contributed by atoms with Gasteiger partial charge in [0.1, 0.15) is 0 Å². The fourth-order valence-corrected chi connectivity index (χ4v) is 2.59. The fourth-order valence-electron chi connectivity index (χ4n) is 1.88. The summed E-state index contributed by atoms with van der Waals surface area (Å²) in [4.78, 5) is 13.1. The minimum Gasteiger partial charge on any atom is -0.315 e. The lowest BCUT2D eigenvalue weighted by molar-refractivity contribution is -0.117. The monoisotopic (exact) mass is 273 g/mol. The predicted molar refractivity (Wildman–Crippen MR) is 66.9 cm³/mol. The molecule has 1 aromatic rings. The molecule has 0 saturated heterocycles. The zero-order valence-corrected chi connectivity index (χ0v) is 10.9. The number of anilines is 1. The van der Waals surface area contributed by atoms with Gasteiger partial charge in [-0.05, 0) is 23.6 Å². The summed E-state index contributed by atoms with van der Waals surface area (Å²) in [5, 5.41) is 0. The average molecular weight is 274 g/mol. The molecule has 17 heavy (non-hydrogen) atoms. The first-order valence-electron chi connectivity index (χ1n) is 5.17. The molecule has 4 nitrogen and oxygen atoms in total. The van der Waals surface area contributed by atoms with Crippen molar-refractivity contribution in [1.29, 1.82) is 0 Å². The standard InChI is InChI=1S/C11H12ClNO3S/c1-13-10-6-8(4-5-17(12,15)16)2-3-9(10)7-11(13)14/h2-3,6H,4-5,7H2,1H3. The molecule has 0 aliphatic carbocycles. The molecule has 0 saturated carbocycles. The summed E-state index contributed by atoms with van der Waals surface area (Å²) in [5.41, 5.74) is 2.71. The van der Waals surface area contributed by atoms with Gasteiger partial charge in [-0.3, -0.25) is 4.79 Å². The van der Waals surface area contributed by atoms with Crippen LogP contribution < -0.4 is 4.90 Å². The van der Waals surface area contributed by atoms with Crippen molar-refractivity contribution in [3.05, 3.63) is 29.3 Å². The molecule has 0 N–H and O–H groups in total. The molecular formula is C11H12ClNO3S. The van der Waals surface area contributed by atoms with E-state index in [1.807, 2.05) is 18.2 Å². The Bertz CT molecular complexity index is 568. The van der Waals surface area contributed by atoms with Crippen LogP contribution in [0.15, 0.2) is 18.2 Å². The first-order chi connectivity index (χ1) is 7.87. The van der Waals surface area contributed by atoms with Crippen molar-refractivity contribution in [1.82, 2.24) is 0 Å². The smallest absolute Gasteiger partial charge is 0.232 e. The molecule has 2 rings (SSSR count). The highest BCUT2D eigenvalue weighted by Crippen LogP contribution is 2.28. The lowest BCUT2D eigenvalue weighted by Gasteiger charge is -2.11. The molecule has 0 unspecified atom stereocenters. The van der Waals surface area contributed by atoms with Crippen molar-refractivity contribution in [2.45, 2.75) is 12.8 Å². The molecule has 0 atom stereocenters. The van der Waals surface area contributed by atoms with Gasteiger partial charge in [-0.25, -0.2) is 8.42 Å². The molecule has 0 fully saturated rings. The Kier molecular flexibility index (Phi) is 3.14. The molecule has 92 valence electrons. The Hall–Kier alpha value is -1.07. The fraction of sp³-hybridized carbons (Fsp3) is 0.364. The van der Waals surface area contributed by atoms with Gasteiger partial charge in [-0.1, -0.05) is 12.1 Å². The third-order valence-electron chi connectivity index (χ3n) is 2.86. The van der Waals surface area contributed by atoms with E-state index in [1.165, 1.54) is 0 Å². The lowest BCUT2D eigenvalue weighted by atomic mass is 10.1. The van der Waals surface area contributed by atoms with Crippen LogP contribution >= 0.6 is 10.7 Å². The number of carbonyl (C=O) groups excluding carboxylic acids is 1. The molecular weight excluding hydrogens is 262 g/mol. The van der Waals surface area contributed by atoms with E-state index in [4.69, 9.17) is 10.7 Å². The van der Waals surface area contributed by atoms with Crippen molar-refractivity contribution < 1.29 is 13.2 Å². The Morgan fingerprint density at radius 3 is 2.76 bits per heavy atom. The SMILES string of the molecule is CN1C(=O)Cc2ccc(CCS(=O)(=O)Cl)cc21. The van der Waals surface area contributed by atoms with E-state index in [1.54, 1.807) is 11.9 Å². The van der Waals surface area contributed by atoms with Gasteiger partial charge in [0.2, 0.25) is 15.0 Å². The molecule has 0 bridgehead atoms. The number of fused-ring (bicyclic) bond motifs is 1. The second-order valence-electron chi connectivity index (χ2n) is 4.09. The van der Waals surface area contributed by atoms with Gasteiger partial charge >= 0.3 is 0 Å². The Morgan fingerprint density at radius 2 is 2.12 bits per heavy atom. The van der Waals surface area contributed by atoms with Gasteiger partial charge in [-0.2, -0.15) is 0 Å². The van der Waals surface area contributed by atoms with E-state index in [-0.39, 0.29) is 11.7 Å². The number of likely N-dealkylation sites (N-methyl/N-ethyl adjacent to an activating group) is 1. The van der Waals surface area contributed by atoms with Crippen molar-refractivity contribution in [2.75, 3.05) is 17.7 Å². The van der Waals surface area contributed by atoms with Crippen molar-refractivity contribution >= 4 is 31.3 Å². The van der Waals surface area contributed by atoms with E-state index >= 15 is 0 Å². The first-order valence-corrected chi connectivity index (χ1v) is 7.65. The van der Waals surface area contributed by atoms with Crippen LogP contribution in [0, 0.1) is 0 Å². The lowest BCUT2D eigenvalue weighted by Crippen LogP contribution is -2.20. The third-order valence-corrected chi connectivity index (χ3v) is 4.02. The van der Waals surface area contributed by atoms with Crippen molar-refractivity contribution in [2.24, 2.45) is 0 Å². The molecule has 0 aromatic heterocycles. The molecule has 0 spiro atoms. The maximum atomic E-state index is 11.5. The number of aryl methyl sites for hydroxylation is 1. The highest BCUT2D eigenvalue weighted by molar-refractivity contribution is 8.13.